The summed E-state index contributed by atoms with van der Waals surface area (Å²) in [6.45, 7) is 6.69. The second-order valence-electron chi connectivity index (χ2n) is 4.38. The van der Waals surface area contributed by atoms with Crippen LogP contribution in [0.1, 0.15) is 32.9 Å². The lowest BCUT2D eigenvalue weighted by atomic mass is 9.90. The largest absolute Gasteiger partial charge is 0.382 e. The lowest BCUT2D eigenvalue weighted by Gasteiger charge is -2.16. The van der Waals surface area contributed by atoms with Crippen molar-refractivity contribution in [3.63, 3.8) is 0 Å². The highest BCUT2D eigenvalue weighted by molar-refractivity contribution is 5.28. The van der Waals surface area contributed by atoms with Crippen molar-refractivity contribution < 1.29 is 0 Å². The van der Waals surface area contributed by atoms with Crippen LogP contribution >= 0.6 is 0 Å². The highest BCUT2D eigenvalue weighted by atomic mass is 15.1. The van der Waals surface area contributed by atoms with Crippen LogP contribution in [0, 0.1) is 5.41 Å². The number of aromatic amines is 1. The molecule has 1 aromatic heterocycles. The molecule has 0 aliphatic rings. The summed E-state index contributed by atoms with van der Waals surface area (Å²) in [5, 5.41) is 6.77. The quantitative estimate of drug-likeness (QED) is 0.707. The maximum Gasteiger partial charge on any atom is 0.145 e. The number of hydrogen-bond acceptors (Lipinski definition) is 2. The lowest BCUT2D eigenvalue weighted by molar-refractivity contribution is 0.376. The van der Waals surface area contributed by atoms with Crippen molar-refractivity contribution in [3.05, 3.63) is 11.8 Å². The molecule has 0 saturated heterocycles. The van der Waals surface area contributed by atoms with Gasteiger partial charge in [0.25, 0.3) is 0 Å². The number of aryl methyl sites for hydroxylation is 1. The van der Waals surface area contributed by atoms with Crippen LogP contribution in [0.3, 0.4) is 0 Å². The van der Waals surface area contributed by atoms with Crippen molar-refractivity contribution >= 4 is 5.82 Å². The summed E-state index contributed by atoms with van der Waals surface area (Å²) in [4.78, 5) is 0. The zero-order chi connectivity index (χ0) is 9.19. The Balaban J connectivity index is 2.44. The van der Waals surface area contributed by atoms with Crippen molar-refractivity contribution in [1.82, 2.24) is 10.2 Å². The van der Waals surface area contributed by atoms with Crippen LogP contribution in [-0.2, 0) is 6.42 Å². The molecular formula is C9H17N3. The minimum absolute atomic E-state index is 0.375. The number of anilines is 1. The molecule has 1 aromatic rings. The average Bonchev–Trinajstić information content (AvgIpc) is 2.30. The first-order valence-electron chi connectivity index (χ1n) is 4.27. The minimum Gasteiger partial charge on any atom is -0.382 e. The smallest absolute Gasteiger partial charge is 0.145 e. The van der Waals surface area contributed by atoms with Crippen molar-refractivity contribution in [3.8, 4) is 0 Å². The van der Waals surface area contributed by atoms with Crippen LogP contribution in [0.4, 0.5) is 5.82 Å². The zero-order valence-electron chi connectivity index (χ0n) is 8.02. The summed E-state index contributed by atoms with van der Waals surface area (Å²) in [5.74, 6) is 0.582. The molecular weight excluding hydrogens is 150 g/mol. The van der Waals surface area contributed by atoms with E-state index in [0.29, 0.717) is 11.2 Å². The maximum atomic E-state index is 5.48. The summed E-state index contributed by atoms with van der Waals surface area (Å²) < 4.78 is 0. The fraction of sp³-hybridized carbons (Fsp3) is 0.667. The first-order chi connectivity index (χ1) is 5.47. The normalized spacial score (nSPS) is 11.9. The van der Waals surface area contributed by atoms with Crippen LogP contribution in [-0.4, -0.2) is 10.2 Å². The minimum atomic E-state index is 0.375. The molecule has 1 rings (SSSR count). The van der Waals surface area contributed by atoms with Gasteiger partial charge in [-0.15, -0.1) is 0 Å². The monoisotopic (exact) mass is 167 g/mol. The van der Waals surface area contributed by atoms with Gasteiger partial charge in [-0.3, -0.25) is 5.10 Å². The van der Waals surface area contributed by atoms with Gasteiger partial charge in [-0.1, -0.05) is 20.8 Å². The SMILES string of the molecule is CC(C)(C)CCc1cc(N)n[nH]1. The third kappa shape index (κ3) is 2.95. The molecule has 0 aliphatic heterocycles. The van der Waals surface area contributed by atoms with Gasteiger partial charge in [0.05, 0.1) is 0 Å². The molecule has 12 heavy (non-hydrogen) atoms. The van der Waals surface area contributed by atoms with E-state index >= 15 is 0 Å². The Morgan fingerprint density at radius 2 is 2.17 bits per heavy atom. The van der Waals surface area contributed by atoms with Crippen LogP contribution in [0.15, 0.2) is 6.07 Å². The Labute approximate surface area is 73.4 Å². The van der Waals surface area contributed by atoms with Gasteiger partial charge in [-0.05, 0) is 18.3 Å². The fourth-order valence-electron chi connectivity index (χ4n) is 1.02. The molecule has 0 unspecified atom stereocenters. The lowest BCUT2D eigenvalue weighted by Crippen LogP contribution is -2.06. The van der Waals surface area contributed by atoms with Gasteiger partial charge >= 0.3 is 0 Å². The van der Waals surface area contributed by atoms with E-state index < -0.39 is 0 Å². The van der Waals surface area contributed by atoms with Crippen molar-refractivity contribution in [2.45, 2.75) is 33.6 Å². The van der Waals surface area contributed by atoms with Gasteiger partial charge < -0.3 is 5.73 Å². The van der Waals surface area contributed by atoms with Gasteiger partial charge in [0.1, 0.15) is 5.82 Å². The van der Waals surface area contributed by atoms with Crippen molar-refractivity contribution in [2.24, 2.45) is 5.41 Å². The zero-order valence-corrected chi connectivity index (χ0v) is 8.02. The summed E-state index contributed by atoms with van der Waals surface area (Å²) >= 11 is 0. The second-order valence-corrected chi connectivity index (χ2v) is 4.38. The van der Waals surface area contributed by atoms with Gasteiger partial charge in [0.2, 0.25) is 0 Å². The Morgan fingerprint density at radius 1 is 1.50 bits per heavy atom. The Bertz CT molecular complexity index is 245. The molecule has 68 valence electrons. The predicted octanol–water partition coefficient (Wildman–Crippen LogP) is 1.97. The Hall–Kier alpha value is -0.990. The molecule has 0 atom stereocenters. The highest BCUT2D eigenvalue weighted by Crippen LogP contribution is 2.20. The molecule has 0 fully saturated rings. The molecule has 3 heteroatoms. The van der Waals surface area contributed by atoms with E-state index in [1.54, 1.807) is 0 Å². The molecule has 0 amide bonds. The molecule has 3 N–H and O–H groups in total. The van der Waals surface area contributed by atoms with E-state index in [-0.39, 0.29) is 0 Å². The highest BCUT2D eigenvalue weighted by Gasteiger charge is 2.10. The number of rotatable bonds is 2. The summed E-state index contributed by atoms with van der Waals surface area (Å²) in [6, 6.07) is 1.89. The number of nitrogens with zero attached hydrogens (tertiary/aromatic N) is 1. The molecule has 0 bridgehead atoms. The number of nitrogen functional groups attached to an aromatic ring is 1. The first kappa shape index (κ1) is 9.10. The van der Waals surface area contributed by atoms with E-state index in [1.165, 1.54) is 0 Å². The van der Waals surface area contributed by atoms with E-state index in [9.17, 15) is 0 Å². The number of aromatic nitrogens is 2. The van der Waals surface area contributed by atoms with E-state index in [1.807, 2.05) is 6.07 Å². The van der Waals surface area contributed by atoms with E-state index in [0.717, 1.165) is 18.5 Å². The third-order valence-electron chi connectivity index (χ3n) is 1.80. The molecule has 1 heterocycles. The maximum absolute atomic E-state index is 5.48. The number of nitrogens with one attached hydrogen (secondary N) is 1. The van der Waals surface area contributed by atoms with Gasteiger partial charge in [0, 0.05) is 11.8 Å². The molecule has 0 aromatic carbocycles. The number of H-pyrrole nitrogens is 1. The average molecular weight is 167 g/mol. The molecule has 0 radical (unpaired) electrons. The third-order valence-corrected chi connectivity index (χ3v) is 1.80. The second kappa shape index (κ2) is 3.17. The summed E-state index contributed by atoms with van der Waals surface area (Å²) in [6.07, 6.45) is 2.17. The fourth-order valence-corrected chi connectivity index (χ4v) is 1.02. The van der Waals surface area contributed by atoms with Gasteiger partial charge in [0.15, 0.2) is 0 Å². The van der Waals surface area contributed by atoms with Gasteiger partial charge in [-0.2, -0.15) is 5.10 Å². The van der Waals surface area contributed by atoms with Crippen LogP contribution in [0.25, 0.3) is 0 Å². The standard InChI is InChI=1S/C9H17N3/c1-9(2,3)5-4-7-6-8(10)12-11-7/h6H,4-5H2,1-3H3,(H3,10,11,12). The molecule has 0 aliphatic carbocycles. The molecule has 3 nitrogen and oxygen atoms in total. The van der Waals surface area contributed by atoms with Crippen LogP contribution < -0.4 is 5.73 Å². The van der Waals surface area contributed by atoms with Crippen molar-refractivity contribution in [2.75, 3.05) is 5.73 Å². The van der Waals surface area contributed by atoms with E-state index in [2.05, 4.69) is 31.0 Å². The summed E-state index contributed by atoms with van der Waals surface area (Å²) in [7, 11) is 0. The van der Waals surface area contributed by atoms with Crippen LogP contribution in [0.2, 0.25) is 0 Å². The van der Waals surface area contributed by atoms with E-state index in [4.69, 9.17) is 5.73 Å². The topological polar surface area (TPSA) is 54.7 Å². The summed E-state index contributed by atoms with van der Waals surface area (Å²) in [5.41, 5.74) is 6.98. The number of nitrogens with two attached hydrogens (primary N) is 1. The van der Waals surface area contributed by atoms with Crippen LogP contribution in [0.5, 0.6) is 0 Å². The Kier molecular flexibility index (Phi) is 2.40. The van der Waals surface area contributed by atoms with Crippen molar-refractivity contribution in [1.29, 1.82) is 0 Å². The molecule has 0 spiro atoms. The Morgan fingerprint density at radius 3 is 2.58 bits per heavy atom. The number of hydrogen-bond donors (Lipinski definition) is 2. The van der Waals surface area contributed by atoms with Gasteiger partial charge in [-0.25, -0.2) is 0 Å². The molecule has 0 saturated carbocycles. The first-order valence-corrected chi connectivity index (χ1v) is 4.27. The predicted molar refractivity (Wildman–Crippen MR) is 50.8 cm³/mol.